The minimum absolute atomic E-state index is 0.0710. The van der Waals surface area contributed by atoms with E-state index in [2.05, 4.69) is 36.4 Å². The van der Waals surface area contributed by atoms with Gasteiger partial charge in [-0.2, -0.15) is 5.10 Å². The lowest BCUT2D eigenvalue weighted by Gasteiger charge is -2.40. The van der Waals surface area contributed by atoms with Gasteiger partial charge in [-0.3, -0.25) is 14.8 Å². The average Bonchev–Trinajstić information content (AvgIpc) is 3.14. The third-order valence-electron chi connectivity index (χ3n) is 5.37. The van der Waals surface area contributed by atoms with Gasteiger partial charge in [0.25, 0.3) is 5.91 Å². The van der Waals surface area contributed by atoms with Gasteiger partial charge >= 0.3 is 0 Å². The number of aromatic nitrogens is 4. The minimum Gasteiger partial charge on any atom is -0.354 e. The Labute approximate surface area is 156 Å². The Morgan fingerprint density at radius 3 is 2.81 bits per heavy atom. The van der Waals surface area contributed by atoms with Crippen LogP contribution in [0.3, 0.4) is 0 Å². The van der Waals surface area contributed by atoms with Crippen LogP contribution >= 0.6 is 0 Å². The molecule has 1 aromatic carbocycles. The molecule has 3 aromatic rings. The van der Waals surface area contributed by atoms with Gasteiger partial charge in [0.05, 0.1) is 16.7 Å². The van der Waals surface area contributed by atoms with Gasteiger partial charge in [0.2, 0.25) is 0 Å². The minimum atomic E-state index is -0.0710. The molecule has 1 aliphatic carbocycles. The molecular weight excluding hydrogens is 340 g/mol. The number of nitrogens with one attached hydrogen (secondary N) is 1. The number of benzene rings is 1. The summed E-state index contributed by atoms with van der Waals surface area (Å²) in [4.78, 5) is 23.1. The summed E-state index contributed by atoms with van der Waals surface area (Å²) in [7, 11) is 0. The summed E-state index contributed by atoms with van der Waals surface area (Å²) >= 11 is 0. The predicted octanol–water partition coefficient (Wildman–Crippen LogP) is 1.77. The second-order valence-corrected chi connectivity index (χ2v) is 7.27. The van der Waals surface area contributed by atoms with Crippen LogP contribution in [0.2, 0.25) is 0 Å². The molecule has 27 heavy (non-hydrogen) atoms. The second-order valence-electron chi connectivity index (χ2n) is 7.27. The Kier molecular flexibility index (Phi) is 3.92. The Balaban J connectivity index is 1.16. The fourth-order valence-corrected chi connectivity index (χ4v) is 3.80. The molecule has 1 fully saturated rings. The molecule has 7 heteroatoms. The van der Waals surface area contributed by atoms with Crippen LogP contribution in [0.1, 0.15) is 28.0 Å². The van der Waals surface area contributed by atoms with E-state index < -0.39 is 0 Å². The maximum absolute atomic E-state index is 12.4. The van der Waals surface area contributed by atoms with Crippen molar-refractivity contribution in [2.24, 2.45) is 5.92 Å². The highest BCUT2D eigenvalue weighted by atomic mass is 16.1. The smallest absolute Gasteiger partial charge is 0.251 e. The highest BCUT2D eigenvalue weighted by Gasteiger charge is 2.29. The van der Waals surface area contributed by atoms with Gasteiger partial charge in [-0.15, -0.1) is 5.10 Å². The van der Waals surface area contributed by atoms with Gasteiger partial charge in [-0.1, -0.05) is 0 Å². The van der Waals surface area contributed by atoms with E-state index in [0.29, 0.717) is 18.0 Å². The zero-order valence-electron chi connectivity index (χ0n) is 14.9. The topological polar surface area (TPSA) is 83.9 Å². The maximum atomic E-state index is 12.4. The molecule has 3 heterocycles. The van der Waals surface area contributed by atoms with E-state index >= 15 is 0 Å². The summed E-state index contributed by atoms with van der Waals surface area (Å²) in [6.45, 7) is 2.46. The second kappa shape index (κ2) is 6.57. The number of aryl methyl sites for hydroxylation is 2. The lowest BCUT2D eigenvalue weighted by Crippen LogP contribution is -2.52. The van der Waals surface area contributed by atoms with Crippen molar-refractivity contribution in [3.8, 4) is 0 Å². The SMILES string of the molecule is O=C(NCC1CN(c2cc3c(nn2)CCC3)C1)c1ccc2nccnc2c1. The number of nitrogens with zero attached hydrogens (tertiary/aromatic N) is 5. The van der Waals surface area contributed by atoms with Crippen LogP contribution in [0.25, 0.3) is 11.0 Å². The van der Waals surface area contributed by atoms with Crippen molar-refractivity contribution in [2.75, 3.05) is 24.5 Å². The number of fused-ring (bicyclic) bond motifs is 2. The standard InChI is InChI=1S/C20H20N6O/c27-20(15-4-5-17-18(8-15)22-7-6-21-17)23-10-13-11-26(12-13)19-9-14-2-1-3-16(14)24-25-19/h4-9,13H,1-3,10-12H2,(H,23,27). The van der Waals surface area contributed by atoms with Crippen LogP contribution in [0.5, 0.6) is 0 Å². The molecule has 5 rings (SSSR count). The zero-order valence-corrected chi connectivity index (χ0v) is 14.9. The molecule has 7 nitrogen and oxygen atoms in total. The third-order valence-corrected chi connectivity index (χ3v) is 5.37. The monoisotopic (exact) mass is 360 g/mol. The van der Waals surface area contributed by atoms with Crippen LogP contribution in [0, 0.1) is 5.92 Å². The van der Waals surface area contributed by atoms with E-state index in [1.54, 1.807) is 24.5 Å². The number of amides is 1. The van der Waals surface area contributed by atoms with Gasteiger partial charge in [-0.05, 0) is 49.1 Å². The number of rotatable bonds is 4. The largest absolute Gasteiger partial charge is 0.354 e. The Bertz CT molecular complexity index is 1010. The quantitative estimate of drug-likeness (QED) is 0.763. The van der Waals surface area contributed by atoms with Crippen LogP contribution in [-0.2, 0) is 12.8 Å². The highest BCUT2D eigenvalue weighted by molar-refractivity contribution is 5.97. The molecule has 0 radical (unpaired) electrons. The molecule has 0 bridgehead atoms. The van der Waals surface area contributed by atoms with Crippen molar-refractivity contribution in [3.05, 3.63) is 53.5 Å². The van der Waals surface area contributed by atoms with E-state index in [4.69, 9.17) is 0 Å². The fourth-order valence-electron chi connectivity index (χ4n) is 3.80. The van der Waals surface area contributed by atoms with E-state index in [9.17, 15) is 4.79 Å². The Hall–Kier alpha value is -3.09. The van der Waals surface area contributed by atoms with Crippen molar-refractivity contribution in [1.29, 1.82) is 0 Å². The van der Waals surface area contributed by atoms with Gasteiger partial charge in [0, 0.05) is 43.5 Å². The summed E-state index contributed by atoms with van der Waals surface area (Å²) < 4.78 is 0. The van der Waals surface area contributed by atoms with Crippen molar-refractivity contribution < 1.29 is 4.79 Å². The summed E-state index contributed by atoms with van der Waals surface area (Å²) in [5, 5.41) is 11.7. The molecule has 1 amide bonds. The number of carbonyl (C=O) groups excluding carboxylic acids is 1. The molecule has 2 aromatic heterocycles. The molecule has 2 aliphatic rings. The zero-order chi connectivity index (χ0) is 18.2. The predicted molar refractivity (Wildman–Crippen MR) is 102 cm³/mol. The molecule has 0 unspecified atom stereocenters. The Morgan fingerprint density at radius 2 is 1.93 bits per heavy atom. The van der Waals surface area contributed by atoms with E-state index in [0.717, 1.165) is 48.5 Å². The first-order valence-corrected chi connectivity index (χ1v) is 9.36. The molecule has 1 N–H and O–H groups in total. The normalized spacial score (nSPS) is 16.2. The van der Waals surface area contributed by atoms with Crippen LogP contribution in [-0.4, -0.2) is 45.7 Å². The van der Waals surface area contributed by atoms with Gasteiger partial charge in [-0.25, -0.2) is 0 Å². The summed E-state index contributed by atoms with van der Waals surface area (Å²) in [6.07, 6.45) is 6.63. The first-order chi connectivity index (χ1) is 13.3. The average molecular weight is 360 g/mol. The summed E-state index contributed by atoms with van der Waals surface area (Å²) in [5.41, 5.74) is 4.64. The van der Waals surface area contributed by atoms with Gasteiger partial charge < -0.3 is 10.2 Å². The lowest BCUT2D eigenvalue weighted by molar-refractivity contribution is 0.0944. The maximum Gasteiger partial charge on any atom is 0.251 e. The molecular formula is C20H20N6O. The van der Waals surface area contributed by atoms with Crippen molar-refractivity contribution in [2.45, 2.75) is 19.3 Å². The third kappa shape index (κ3) is 3.09. The van der Waals surface area contributed by atoms with Crippen LogP contribution < -0.4 is 10.2 Å². The van der Waals surface area contributed by atoms with Crippen LogP contribution in [0.15, 0.2) is 36.7 Å². The van der Waals surface area contributed by atoms with Gasteiger partial charge in [0.15, 0.2) is 5.82 Å². The molecule has 136 valence electrons. The van der Waals surface area contributed by atoms with E-state index in [1.807, 2.05) is 6.07 Å². The van der Waals surface area contributed by atoms with Crippen molar-refractivity contribution in [3.63, 3.8) is 0 Å². The summed E-state index contributed by atoms with van der Waals surface area (Å²) in [5.74, 6) is 1.33. The van der Waals surface area contributed by atoms with E-state index in [-0.39, 0.29) is 5.91 Å². The number of hydrogen-bond donors (Lipinski definition) is 1. The van der Waals surface area contributed by atoms with Crippen molar-refractivity contribution >= 4 is 22.8 Å². The van der Waals surface area contributed by atoms with Gasteiger partial charge in [0.1, 0.15) is 0 Å². The molecule has 1 saturated heterocycles. The Morgan fingerprint density at radius 1 is 1.07 bits per heavy atom. The summed E-state index contributed by atoms with van der Waals surface area (Å²) in [6, 6.07) is 7.58. The van der Waals surface area contributed by atoms with E-state index in [1.165, 1.54) is 12.0 Å². The lowest BCUT2D eigenvalue weighted by atomic mass is 10.00. The van der Waals surface area contributed by atoms with Crippen LogP contribution in [0.4, 0.5) is 5.82 Å². The molecule has 0 saturated carbocycles. The highest BCUT2D eigenvalue weighted by Crippen LogP contribution is 2.26. The number of hydrogen-bond acceptors (Lipinski definition) is 6. The first-order valence-electron chi connectivity index (χ1n) is 9.36. The number of anilines is 1. The number of carbonyl (C=O) groups is 1. The molecule has 0 atom stereocenters. The van der Waals surface area contributed by atoms with Crippen molar-refractivity contribution in [1.82, 2.24) is 25.5 Å². The first kappa shape index (κ1) is 16.1. The molecule has 0 spiro atoms. The fraction of sp³-hybridized carbons (Fsp3) is 0.350. The molecule has 1 aliphatic heterocycles.